The summed E-state index contributed by atoms with van der Waals surface area (Å²) >= 11 is 3.39. The van der Waals surface area contributed by atoms with Gasteiger partial charge in [0, 0.05) is 0 Å². The second kappa shape index (κ2) is 5.43. The van der Waals surface area contributed by atoms with E-state index in [2.05, 4.69) is 22.0 Å². The first kappa shape index (κ1) is 12.8. The van der Waals surface area contributed by atoms with Crippen LogP contribution in [0.2, 0.25) is 0 Å². The maximum atomic E-state index is 8.81. The highest BCUT2D eigenvalue weighted by Crippen LogP contribution is 2.33. The Hall–Kier alpha value is -2.19. The first-order chi connectivity index (χ1) is 9.76. The van der Waals surface area contributed by atoms with Gasteiger partial charge in [0.1, 0.15) is 12.4 Å². The second-order valence-electron chi connectivity index (χ2n) is 4.23. The third-order valence-corrected chi connectivity index (χ3v) is 3.51. The van der Waals surface area contributed by atoms with Crippen LogP contribution in [0.5, 0.6) is 17.2 Å². The van der Waals surface area contributed by atoms with Gasteiger partial charge >= 0.3 is 0 Å². The van der Waals surface area contributed by atoms with E-state index >= 15 is 0 Å². The quantitative estimate of drug-likeness (QED) is 0.861. The van der Waals surface area contributed by atoms with E-state index in [1.807, 2.05) is 18.2 Å². The molecular weight excluding hydrogens is 322 g/mol. The van der Waals surface area contributed by atoms with Crippen molar-refractivity contribution >= 4 is 15.9 Å². The van der Waals surface area contributed by atoms with Gasteiger partial charge in [-0.3, -0.25) is 0 Å². The molecule has 100 valence electrons. The van der Waals surface area contributed by atoms with E-state index in [1.165, 1.54) is 0 Å². The van der Waals surface area contributed by atoms with Crippen LogP contribution in [-0.4, -0.2) is 6.79 Å². The van der Waals surface area contributed by atoms with Gasteiger partial charge in [-0.25, -0.2) is 0 Å². The molecule has 2 aromatic rings. The largest absolute Gasteiger partial charge is 0.488 e. The fraction of sp³-hybridized carbons (Fsp3) is 0.133. The summed E-state index contributed by atoms with van der Waals surface area (Å²) in [6, 6.07) is 13.0. The molecule has 0 bridgehead atoms. The zero-order valence-corrected chi connectivity index (χ0v) is 12.0. The highest BCUT2D eigenvalue weighted by Gasteiger charge is 2.13. The van der Waals surface area contributed by atoms with Crippen LogP contribution in [0.1, 0.15) is 11.1 Å². The van der Waals surface area contributed by atoms with E-state index in [4.69, 9.17) is 19.5 Å². The zero-order chi connectivity index (χ0) is 13.9. The molecule has 0 aromatic heterocycles. The third kappa shape index (κ3) is 2.56. The molecule has 1 heterocycles. The maximum absolute atomic E-state index is 8.81. The lowest BCUT2D eigenvalue weighted by molar-refractivity contribution is 0.174. The van der Waals surface area contributed by atoms with Crippen LogP contribution in [0.3, 0.4) is 0 Å². The Morgan fingerprint density at radius 1 is 1.15 bits per heavy atom. The topological polar surface area (TPSA) is 51.5 Å². The lowest BCUT2D eigenvalue weighted by Gasteiger charge is -2.09. The fourth-order valence-electron chi connectivity index (χ4n) is 1.88. The second-order valence-corrected chi connectivity index (χ2v) is 5.09. The van der Waals surface area contributed by atoms with Crippen molar-refractivity contribution in [3.05, 3.63) is 52.0 Å². The summed E-state index contributed by atoms with van der Waals surface area (Å²) in [5, 5.41) is 8.81. The predicted octanol–water partition coefficient (Wildman–Crippen LogP) is 3.63. The summed E-state index contributed by atoms with van der Waals surface area (Å²) in [7, 11) is 0. The van der Waals surface area contributed by atoms with E-state index in [0.29, 0.717) is 17.9 Å². The molecule has 5 heteroatoms. The van der Waals surface area contributed by atoms with Crippen molar-refractivity contribution < 1.29 is 14.2 Å². The van der Waals surface area contributed by atoms with Gasteiger partial charge in [-0.15, -0.1) is 0 Å². The van der Waals surface area contributed by atoms with Crippen LogP contribution in [0.15, 0.2) is 40.9 Å². The number of halogens is 1. The van der Waals surface area contributed by atoms with Gasteiger partial charge in [-0.05, 0) is 51.8 Å². The number of fused-ring (bicyclic) bond motifs is 1. The zero-order valence-electron chi connectivity index (χ0n) is 10.4. The van der Waals surface area contributed by atoms with Crippen molar-refractivity contribution in [2.45, 2.75) is 6.61 Å². The number of hydrogen-bond donors (Lipinski definition) is 0. The van der Waals surface area contributed by atoms with Crippen LogP contribution in [0.4, 0.5) is 0 Å². The van der Waals surface area contributed by atoms with Crippen LogP contribution in [0.25, 0.3) is 0 Å². The van der Waals surface area contributed by atoms with E-state index < -0.39 is 0 Å². The molecule has 0 N–H and O–H groups in total. The van der Waals surface area contributed by atoms with Crippen molar-refractivity contribution in [1.82, 2.24) is 0 Å². The average molecular weight is 332 g/mol. The highest BCUT2D eigenvalue weighted by molar-refractivity contribution is 9.10. The molecule has 1 aliphatic rings. The van der Waals surface area contributed by atoms with Gasteiger partial charge in [-0.2, -0.15) is 5.26 Å². The number of ether oxygens (including phenoxy) is 3. The van der Waals surface area contributed by atoms with Crippen LogP contribution < -0.4 is 14.2 Å². The van der Waals surface area contributed by atoms with Crippen molar-refractivity contribution in [3.63, 3.8) is 0 Å². The van der Waals surface area contributed by atoms with Crippen LogP contribution >= 0.6 is 15.9 Å². The third-order valence-electron chi connectivity index (χ3n) is 2.89. The van der Waals surface area contributed by atoms with E-state index in [9.17, 15) is 0 Å². The molecular formula is C15H10BrNO3. The van der Waals surface area contributed by atoms with Gasteiger partial charge in [0.25, 0.3) is 0 Å². The highest BCUT2D eigenvalue weighted by atomic mass is 79.9. The molecule has 4 nitrogen and oxygen atoms in total. The van der Waals surface area contributed by atoms with Gasteiger partial charge in [0.15, 0.2) is 11.5 Å². The molecule has 0 radical (unpaired) electrons. The summed E-state index contributed by atoms with van der Waals surface area (Å²) in [6.07, 6.45) is 0. The fourth-order valence-corrected chi connectivity index (χ4v) is 2.37. The molecule has 0 saturated carbocycles. The minimum absolute atomic E-state index is 0.265. The van der Waals surface area contributed by atoms with E-state index in [1.54, 1.807) is 18.2 Å². The molecule has 0 atom stereocenters. The van der Waals surface area contributed by atoms with Crippen LogP contribution in [-0.2, 0) is 6.61 Å². The molecule has 0 saturated heterocycles. The SMILES string of the molecule is N#Cc1ccc(OCc2ccc3c(c2)OCO3)c(Br)c1. The van der Waals surface area contributed by atoms with Gasteiger partial charge in [-0.1, -0.05) is 6.07 Å². The molecule has 0 fully saturated rings. The first-order valence-corrected chi connectivity index (χ1v) is 6.76. The first-order valence-electron chi connectivity index (χ1n) is 5.97. The Labute approximate surface area is 124 Å². The normalized spacial score (nSPS) is 12.0. The lowest BCUT2D eigenvalue weighted by atomic mass is 10.2. The van der Waals surface area contributed by atoms with Crippen LogP contribution in [0, 0.1) is 11.3 Å². The van der Waals surface area contributed by atoms with Gasteiger partial charge in [0.05, 0.1) is 16.1 Å². The summed E-state index contributed by atoms with van der Waals surface area (Å²) in [4.78, 5) is 0. The molecule has 2 aromatic carbocycles. The Morgan fingerprint density at radius 3 is 2.80 bits per heavy atom. The summed E-state index contributed by atoms with van der Waals surface area (Å²) < 4.78 is 17.1. The molecule has 0 aliphatic carbocycles. The van der Waals surface area contributed by atoms with Crippen molar-refractivity contribution in [2.75, 3.05) is 6.79 Å². The standard InChI is InChI=1S/C15H10BrNO3/c16-12-5-10(7-17)1-3-13(12)18-8-11-2-4-14-15(6-11)20-9-19-14/h1-6H,8-9H2. The monoisotopic (exact) mass is 331 g/mol. The summed E-state index contributed by atoms with van der Waals surface area (Å²) in [5.74, 6) is 2.19. The Bertz CT molecular complexity index is 694. The average Bonchev–Trinajstić information content (AvgIpc) is 2.93. The minimum Gasteiger partial charge on any atom is -0.488 e. The van der Waals surface area contributed by atoms with E-state index in [0.717, 1.165) is 21.5 Å². The van der Waals surface area contributed by atoms with Crippen molar-refractivity contribution in [1.29, 1.82) is 5.26 Å². The van der Waals surface area contributed by atoms with Crippen molar-refractivity contribution in [2.24, 2.45) is 0 Å². The molecule has 0 amide bonds. The molecule has 3 rings (SSSR count). The molecule has 1 aliphatic heterocycles. The number of nitrogens with zero attached hydrogens (tertiary/aromatic N) is 1. The number of hydrogen-bond acceptors (Lipinski definition) is 4. The minimum atomic E-state index is 0.265. The van der Waals surface area contributed by atoms with Gasteiger partial charge < -0.3 is 14.2 Å². The lowest BCUT2D eigenvalue weighted by Crippen LogP contribution is -1.96. The maximum Gasteiger partial charge on any atom is 0.231 e. The number of benzene rings is 2. The Kier molecular flexibility index (Phi) is 3.48. The van der Waals surface area contributed by atoms with E-state index in [-0.39, 0.29) is 6.79 Å². The van der Waals surface area contributed by atoms with Gasteiger partial charge in [0.2, 0.25) is 6.79 Å². The predicted molar refractivity (Wildman–Crippen MR) is 75.8 cm³/mol. The molecule has 20 heavy (non-hydrogen) atoms. The Balaban J connectivity index is 1.72. The van der Waals surface area contributed by atoms with Crippen molar-refractivity contribution in [3.8, 4) is 23.3 Å². The molecule has 0 unspecified atom stereocenters. The number of nitriles is 1. The molecule has 0 spiro atoms. The summed E-state index contributed by atoms with van der Waals surface area (Å²) in [5.41, 5.74) is 1.58. The smallest absolute Gasteiger partial charge is 0.231 e. The summed E-state index contributed by atoms with van der Waals surface area (Å²) in [6.45, 7) is 0.682. The number of rotatable bonds is 3. The Morgan fingerprint density at radius 2 is 2.00 bits per heavy atom.